The van der Waals surface area contributed by atoms with E-state index < -0.39 is 0 Å². The van der Waals surface area contributed by atoms with Crippen molar-refractivity contribution in [1.29, 1.82) is 5.26 Å². The monoisotopic (exact) mass is 420 g/mol. The molecule has 0 fully saturated rings. The first-order valence-corrected chi connectivity index (χ1v) is 10.4. The van der Waals surface area contributed by atoms with Crippen LogP contribution in [0.15, 0.2) is 42.5 Å². The Morgan fingerprint density at radius 2 is 1.97 bits per heavy atom. The standard InChI is InChI=1S/C23H20N2O4S/c1-3-27-17-7-5-16(6-8-17)22(26)25-23-18(12-24)14(2)21(30-23)11-15-4-9-19-20(10-15)29-13-28-19/h4-10H,3,11,13H2,1-2H3,(H,25,26). The highest BCUT2D eigenvalue weighted by molar-refractivity contribution is 7.16. The molecular weight excluding hydrogens is 400 g/mol. The highest BCUT2D eigenvalue weighted by Gasteiger charge is 2.19. The summed E-state index contributed by atoms with van der Waals surface area (Å²) >= 11 is 1.42. The van der Waals surface area contributed by atoms with Crippen molar-refractivity contribution in [3.8, 4) is 23.3 Å². The Hall–Kier alpha value is -3.50. The molecule has 0 radical (unpaired) electrons. The molecule has 152 valence electrons. The van der Waals surface area contributed by atoms with Gasteiger partial charge in [0, 0.05) is 16.9 Å². The van der Waals surface area contributed by atoms with E-state index in [0.717, 1.165) is 27.5 Å². The van der Waals surface area contributed by atoms with Gasteiger partial charge in [0.15, 0.2) is 11.5 Å². The van der Waals surface area contributed by atoms with E-state index in [1.807, 2.05) is 32.0 Å². The van der Waals surface area contributed by atoms with E-state index in [1.165, 1.54) is 11.3 Å². The lowest BCUT2D eigenvalue weighted by Gasteiger charge is -2.06. The van der Waals surface area contributed by atoms with Gasteiger partial charge in [0.05, 0.1) is 12.2 Å². The van der Waals surface area contributed by atoms with Crippen molar-refractivity contribution in [2.24, 2.45) is 0 Å². The zero-order valence-electron chi connectivity index (χ0n) is 16.7. The number of hydrogen-bond acceptors (Lipinski definition) is 6. The van der Waals surface area contributed by atoms with Crippen molar-refractivity contribution >= 4 is 22.2 Å². The van der Waals surface area contributed by atoms with Gasteiger partial charge < -0.3 is 19.5 Å². The van der Waals surface area contributed by atoms with Gasteiger partial charge >= 0.3 is 0 Å². The van der Waals surface area contributed by atoms with Gasteiger partial charge in [0.2, 0.25) is 6.79 Å². The molecule has 0 aliphatic carbocycles. The van der Waals surface area contributed by atoms with Crippen LogP contribution in [0.5, 0.6) is 17.2 Å². The highest BCUT2D eigenvalue weighted by atomic mass is 32.1. The summed E-state index contributed by atoms with van der Waals surface area (Å²) in [4.78, 5) is 13.7. The molecule has 7 heteroatoms. The van der Waals surface area contributed by atoms with E-state index in [1.54, 1.807) is 24.3 Å². The van der Waals surface area contributed by atoms with Crippen LogP contribution in [-0.4, -0.2) is 19.3 Å². The Morgan fingerprint density at radius 1 is 1.20 bits per heavy atom. The molecule has 1 aliphatic heterocycles. The van der Waals surface area contributed by atoms with Gasteiger partial charge in [-0.15, -0.1) is 11.3 Å². The Bertz CT molecular complexity index is 1130. The average molecular weight is 420 g/mol. The maximum Gasteiger partial charge on any atom is 0.256 e. The first-order valence-electron chi connectivity index (χ1n) is 9.54. The predicted molar refractivity (Wildman–Crippen MR) is 115 cm³/mol. The van der Waals surface area contributed by atoms with Crippen LogP contribution in [0.1, 0.15) is 38.8 Å². The lowest BCUT2D eigenvalue weighted by atomic mass is 10.1. The first kappa shape index (κ1) is 19.8. The summed E-state index contributed by atoms with van der Waals surface area (Å²) in [5.74, 6) is 1.92. The molecule has 0 unspecified atom stereocenters. The SMILES string of the molecule is CCOc1ccc(C(=O)Nc2sc(Cc3ccc4c(c3)OCO4)c(C)c2C#N)cc1. The van der Waals surface area contributed by atoms with E-state index in [-0.39, 0.29) is 12.7 Å². The second kappa shape index (κ2) is 8.47. The van der Waals surface area contributed by atoms with Gasteiger partial charge in [0.1, 0.15) is 16.8 Å². The summed E-state index contributed by atoms with van der Waals surface area (Å²) < 4.78 is 16.2. The van der Waals surface area contributed by atoms with Crippen molar-refractivity contribution in [2.75, 3.05) is 18.7 Å². The number of benzene rings is 2. The number of nitrogens with one attached hydrogen (secondary N) is 1. The number of carbonyl (C=O) groups excluding carboxylic acids is 1. The van der Waals surface area contributed by atoms with Gasteiger partial charge in [-0.2, -0.15) is 5.26 Å². The molecule has 0 atom stereocenters. The fourth-order valence-corrected chi connectivity index (χ4v) is 4.42. The molecule has 4 rings (SSSR count). The van der Waals surface area contributed by atoms with Crippen LogP contribution in [0.25, 0.3) is 0 Å². The zero-order chi connectivity index (χ0) is 21.1. The summed E-state index contributed by atoms with van der Waals surface area (Å²) in [7, 11) is 0. The number of fused-ring (bicyclic) bond motifs is 1. The topological polar surface area (TPSA) is 80.6 Å². The van der Waals surface area contributed by atoms with Crippen molar-refractivity contribution in [3.05, 3.63) is 69.6 Å². The number of carbonyl (C=O) groups is 1. The third-order valence-electron chi connectivity index (χ3n) is 4.81. The minimum absolute atomic E-state index is 0.233. The minimum Gasteiger partial charge on any atom is -0.494 e. The predicted octanol–water partition coefficient (Wildman–Crippen LogP) is 4.90. The molecule has 6 nitrogen and oxygen atoms in total. The Kier molecular flexibility index (Phi) is 5.59. The molecule has 3 aromatic rings. The van der Waals surface area contributed by atoms with E-state index in [0.29, 0.717) is 34.9 Å². The summed E-state index contributed by atoms with van der Waals surface area (Å²) in [6, 6.07) is 15.0. The van der Waals surface area contributed by atoms with Crippen molar-refractivity contribution in [2.45, 2.75) is 20.3 Å². The van der Waals surface area contributed by atoms with Crippen LogP contribution in [0, 0.1) is 18.3 Å². The van der Waals surface area contributed by atoms with Gasteiger partial charge in [-0.05, 0) is 61.4 Å². The number of thiophene rings is 1. The van der Waals surface area contributed by atoms with Gasteiger partial charge in [-0.3, -0.25) is 4.79 Å². The summed E-state index contributed by atoms with van der Waals surface area (Å²) in [6.07, 6.45) is 0.640. The van der Waals surface area contributed by atoms with Crippen LogP contribution in [-0.2, 0) is 6.42 Å². The van der Waals surface area contributed by atoms with Crippen LogP contribution >= 0.6 is 11.3 Å². The molecule has 1 aliphatic rings. The molecule has 30 heavy (non-hydrogen) atoms. The maximum atomic E-state index is 12.7. The molecule has 1 N–H and O–H groups in total. The number of nitrogens with zero attached hydrogens (tertiary/aromatic N) is 1. The zero-order valence-corrected chi connectivity index (χ0v) is 17.5. The van der Waals surface area contributed by atoms with Gasteiger partial charge in [-0.25, -0.2) is 0 Å². The largest absolute Gasteiger partial charge is 0.494 e. The lowest BCUT2D eigenvalue weighted by Crippen LogP contribution is -2.11. The lowest BCUT2D eigenvalue weighted by molar-refractivity contribution is 0.102. The number of ether oxygens (including phenoxy) is 3. The Labute approximate surface area is 178 Å². The number of anilines is 1. The van der Waals surface area contributed by atoms with Crippen molar-refractivity contribution in [1.82, 2.24) is 0 Å². The van der Waals surface area contributed by atoms with Crippen LogP contribution in [0.4, 0.5) is 5.00 Å². The van der Waals surface area contributed by atoms with Crippen LogP contribution in [0.2, 0.25) is 0 Å². The van der Waals surface area contributed by atoms with Gasteiger partial charge in [-0.1, -0.05) is 6.07 Å². The normalized spacial score (nSPS) is 11.8. The summed E-state index contributed by atoms with van der Waals surface area (Å²) in [6.45, 7) is 4.61. The van der Waals surface area contributed by atoms with Crippen LogP contribution in [0.3, 0.4) is 0 Å². The number of rotatable bonds is 6. The Balaban J connectivity index is 1.54. The fourth-order valence-electron chi connectivity index (χ4n) is 3.23. The number of hydrogen-bond donors (Lipinski definition) is 1. The quantitative estimate of drug-likeness (QED) is 0.614. The second-order valence-electron chi connectivity index (χ2n) is 6.74. The number of amides is 1. The van der Waals surface area contributed by atoms with E-state index in [4.69, 9.17) is 14.2 Å². The molecule has 0 spiro atoms. The van der Waals surface area contributed by atoms with E-state index >= 15 is 0 Å². The van der Waals surface area contributed by atoms with E-state index in [2.05, 4.69) is 11.4 Å². The maximum absolute atomic E-state index is 12.7. The minimum atomic E-state index is -0.259. The summed E-state index contributed by atoms with van der Waals surface area (Å²) in [5, 5.41) is 13.1. The second-order valence-corrected chi connectivity index (χ2v) is 7.85. The molecular formula is C23H20N2O4S. The van der Waals surface area contributed by atoms with Crippen molar-refractivity contribution < 1.29 is 19.0 Å². The highest BCUT2D eigenvalue weighted by Crippen LogP contribution is 2.37. The fraction of sp³-hybridized carbons (Fsp3) is 0.217. The number of nitriles is 1. The van der Waals surface area contributed by atoms with Gasteiger partial charge in [0.25, 0.3) is 5.91 Å². The third kappa shape index (κ3) is 3.95. The molecule has 1 aromatic heterocycles. The Morgan fingerprint density at radius 3 is 2.70 bits per heavy atom. The molecule has 2 heterocycles. The average Bonchev–Trinajstić information content (AvgIpc) is 3.33. The molecule has 2 aromatic carbocycles. The summed E-state index contributed by atoms with van der Waals surface area (Å²) in [5.41, 5.74) is 2.93. The smallest absolute Gasteiger partial charge is 0.256 e. The molecule has 0 saturated carbocycles. The molecule has 0 saturated heterocycles. The first-order chi connectivity index (χ1) is 14.6. The van der Waals surface area contributed by atoms with E-state index in [9.17, 15) is 10.1 Å². The third-order valence-corrected chi connectivity index (χ3v) is 6.02. The molecule has 0 bridgehead atoms. The van der Waals surface area contributed by atoms with Crippen LogP contribution < -0.4 is 19.5 Å². The molecule has 1 amide bonds. The van der Waals surface area contributed by atoms with Crippen molar-refractivity contribution in [3.63, 3.8) is 0 Å².